The molecule has 1 aromatic carbocycles. The Hall–Kier alpha value is -0.570. The lowest BCUT2D eigenvalue weighted by Crippen LogP contribution is -2.38. The Bertz CT molecular complexity index is 388. The van der Waals surface area contributed by atoms with E-state index < -0.39 is 0 Å². The van der Waals surface area contributed by atoms with E-state index in [1.165, 1.54) is 17.5 Å². The summed E-state index contributed by atoms with van der Waals surface area (Å²) in [5.41, 5.74) is 2.80. The van der Waals surface area contributed by atoms with Crippen molar-refractivity contribution in [1.82, 2.24) is 4.90 Å². The molecule has 1 aliphatic carbocycles. The van der Waals surface area contributed by atoms with Gasteiger partial charge in [-0.1, -0.05) is 23.7 Å². The molecule has 0 saturated carbocycles. The third-order valence-electron chi connectivity index (χ3n) is 3.67. The van der Waals surface area contributed by atoms with Crippen molar-refractivity contribution in [3.8, 4) is 0 Å². The standard InChI is InChI=1S/C13H16ClNO/c14-12-3-1-2-11-10(12)4-5-13(11)15-6-8-16-9-7-15/h1-3,13H,4-9H2. The summed E-state index contributed by atoms with van der Waals surface area (Å²) < 4.78 is 5.40. The summed E-state index contributed by atoms with van der Waals surface area (Å²) in [6.45, 7) is 3.84. The third-order valence-corrected chi connectivity index (χ3v) is 4.02. The molecule has 0 amide bonds. The van der Waals surface area contributed by atoms with Crippen molar-refractivity contribution in [2.45, 2.75) is 18.9 Å². The largest absolute Gasteiger partial charge is 0.379 e. The normalized spacial score (nSPS) is 25.7. The molecule has 0 bridgehead atoms. The highest BCUT2D eigenvalue weighted by Gasteiger charge is 2.29. The fourth-order valence-corrected chi connectivity index (χ4v) is 3.13. The van der Waals surface area contributed by atoms with Crippen molar-refractivity contribution >= 4 is 11.6 Å². The predicted octanol–water partition coefficient (Wildman–Crippen LogP) is 2.66. The Morgan fingerprint density at radius 2 is 2.06 bits per heavy atom. The fourth-order valence-electron chi connectivity index (χ4n) is 2.86. The first-order valence-electron chi connectivity index (χ1n) is 5.95. The van der Waals surface area contributed by atoms with Gasteiger partial charge in [-0.25, -0.2) is 0 Å². The molecule has 1 aromatic rings. The number of ether oxygens (including phenoxy) is 1. The maximum Gasteiger partial charge on any atom is 0.0594 e. The summed E-state index contributed by atoms with van der Waals surface area (Å²) in [6, 6.07) is 6.87. The molecule has 1 atom stereocenters. The first kappa shape index (κ1) is 10.6. The molecule has 1 fully saturated rings. The molecule has 3 rings (SSSR count). The van der Waals surface area contributed by atoms with Crippen LogP contribution in [0.1, 0.15) is 23.6 Å². The quantitative estimate of drug-likeness (QED) is 0.745. The van der Waals surface area contributed by atoms with Crippen molar-refractivity contribution in [3.63, 3.8) is 0 Å². The maximum atomic E-state index is 6.23. The van der Waals surface area contributed by atoms with Gasteiger partial charge in [-0.3, -0.25) is 4.90 Å². The van der Waals surface area contributed by atoms with Gasteiger partial charge in [0, 0.05) is 24.2 Å². The molecular weight excluding hydrogens is 222 g/mol. The van der Waals surface area contributed by atoms with Crippen LogP contribution < -0.4 is 0 Å². The lowest BCUT2D eigenvalue weighted by Gasteiger charge is -2.32. The molecule has 0 N–H and O–H groups in total. The van der Waals surface area contributed by atoms with E-state index in [1.807, 2.05) is 6.07 Å². The Kier molecular flexibility index (Phi) is 2.88. The minimum atomic E-state index is 0.567. The Balaban J connectivity index is 1.87. The summed E-state index contributed by atoms with van der Waals surface area (Å²) >= 11 is 6.23. The molecule has 1 unspecified atom stereocenters. The van der Waals surface area contributed by atoms with Crippen LogP contribution in [0, 0.1) is 0 Å². The highest BCUT2D eigenvalue weighted by molar-refractivity contribution is 6.31. The highest BCUT2D eigenvalue weighted by atomic mass is 35.5. The van der Waals surface area contributed by atoms with Gasteiger partial charge in [-0.15, -0.1) is 0 Å². The molecule has 1 saturated heterocycles. The number of halogens is 1. The molecule has 1 aliphatic heterocycles. The summed E-state index contributed by atoms with van der Waals surface area (Å²) in [6.07, 6.45) is 2.33. The zero-order chi connectivity index (χ0) is 11.0. The van der Waals surface area contributed by atoms with E-state index >= 15 is 0 Å². The SMILES string of the molecule is Clc1cccc2c1CCC2N1CCOCC1. The zero-order valence-electron chi connectivity index (χ0n) is 9.29. The summed E-state index contributed by atoms with van der Waals surface area (Å²) in [5, 5.41) is 0.938. The van der Waals surface area contributed by atoms with E-state index in [-0.39, 0.29) is 0 Å². The van der Waals surface area contributed by atoms with Crippen LogP contribution in [-0.2, 0) is 11.2 Å². The summed E-state index contributed by atoms with van der Waals surface area (Å²) in [4.78, 5) is 2.53. The number of nitrogens with zero attached hydrogens (tertiary/aromatic N) is 1. The van der Waals surface area contributed by atoms with Crippen LogP contribution in [0.4, 0.5) is 0 Å². The lowest BCUT2D eigenvalue weighted by molar-refractivity contribution is 0.0164. The van der Waals surface area contributed by atoms with E-state index in [0.29, 0.717) is 6.04 Å². The molecule has 3 heteroatoms. The number of rotatable bonds is 1. The number of benzene rings is 1. The van der Waals surface area contributed by atoms with Gasteiger partial charge in [-0.05, 0) is 30.0 Å². The maximum absolute atomic E-state index is 6.23. The second-order valence-corrected chi connectivity index (χ2v) is 4.92. The minimum absolute atomic E-state index is 0.567. The van der Waals surface area contributed by atoms with Crippen LogP contribution in [0.3, 0.4) is 0 Å². The molecule has 0 radical (unpaired) electrons. The number of hydrogen-bond acceptors (Lipinski definition) is 2. The van der Waals surface area contributed by atoms with Gasteiger partial charge < -0.3 is 4.74 Å². The second-order valence-electron chi connectivity index (χ2n) is 4.51. The molecule has 16 heavy (non-hydrogen) atoms. The molecule has 86 valence electrons. The van der Waals surface area contributed by atoms with Crippen molar-refractivity contribution in [2.24, 2.45) is 0 Å². The van der Waals surface area contributed by atoms with Crippen molar-refractivity contribution in [2.75, 3.05) is 26.3 Å². The number of morpholine rings is 1. The van der Waals surface area contributed by atoms with Crippen LogP contribution in [0.2, 0.25) is 5.02 Å². The fraction of sp³-hybridized carbons (Fsp3) is 0.538. The van der Waals surface area contributed by atoms with Gasteiger partial charge in [0.05, 0.1) is 13.2 Å². The number of hydrogen-bond donors (Lipinski definition) is 0. The zero-order valence-corrected chi connectivity index (χ0v) is 10.0. The topological polar surface area (TPSA) is 12.5 Å². The first-order chi connectivity index (χ1) is 7.86. The van der Waals surface area contributed by atoms with Crippen LogP contribution in [0.25, 0.3) is 0 Å². The van der Waals surface area contributed by atoms with E-state index in [9.17, 15) is 0 Å². The monoisotopic (exact) mass is 237 g/mol. The van der Waals surface area contributed by atoms with Gasteiger partial charge in [0.1, 0.15) is 0 Å². The van der Waals surface area contributed by atoms with Crippen LogP contribution in [0.5, 0.6) is 0 Å². The molecule has 0 spiro atoms. The molecular formula is C13H16ClNO. The van der Waals surface area contributed by atoms with Gasteiger partial charge in [0.2, 0.25) is 0 Å². The van der Waals surface area contributed by atoms with E-state index in [4.69, 9.17) is 16.3 Å². The van der Waals surface area contributed by atoms with Crippen LogP contribution in [0.15, 0.2) is 18.2 Å². The second kappa shape index (κ2) is 4.36. The number of fused-ring (bicyclic) bond motifs is 1. The molecule has 0 aromatic heterocycles. The van der Waals surface area contributed by atoms with Gasteiger partial charge >= 0.3 is 0 Å². The molecule has 2 aliphatic rings. The average Bonchev–Trinajstić information content (AvgIpc) is 2.75. The van der Waals surface area contributed by atoms with E-state index in [1.54, 1.807) is 0 Å². The van der Waals surface area contributed by atoms with Crippen molar-refractivity contribution < 1.29 is 4.74 Å². The van der Waals surface area contributed by atoms with Gasteiger partial charge in [-0.2, -0.15) is 0 Å². The van der Waals surface area contributed by atoms with E-state index in [2.05, 4.69) is 17.0 Å². The Morgan fingerprint density at radius 1 is 1.25 bits per heavy atom. The first-order valence-corrected chi connectivity index (χ1v) is 6.33. The van der Waals surface area contributed by atoms with E-state index in [0.717, 1.165) is 37.7 Å². The summed E-state index contributed by atoms with van der Waals surface area (Å²) in [5.74, 6) is 0. The minimum Gasteiger partial charge on any atom is -0.379 e. The van der Waals surface area contributed by atoms with Crippen LogP contribution in [-0.4, -0.2) is 31.2 Å². The predicted molar refractivity (Wildman–Crippen MR) is 64.9 cm³/mol. The van der Waals surface area contributed by atoms with Gasteiger partial charge in [0.25, 0.3) is 0 Å². The Morgan fingerprint density at radius 3 is 2.88 bits per heavy atom. The lowest BCUT2D eigenvalue weighted by atomic mass is 10.1. The van der Waals surface area contributed by atoms with Crippen LogP contribution >= 0.6 is 11.6 Å². The summed E-state index contributed by atoms with van der Waals surface area (Å²) in [7, 11) is 0. The van der Waals surface area contributed by atoms with Crippen molar-refractivity contribution in [1.29, 1.82) is 0 Å². The smallest absolute Gasteiger partial charge is 0.0594 e. The molecule has 1 heterocycles. The average molecular weight is 238 g/mol. The van der Waals surface area contributed by atoms with Crippen molar-refractivity contribution in [3.05, 3.63) is 34.3 Å². The molecule has 2 nitrogen and oxygen atoms in total. The van der Waals surface area contributed by atoms with Gasteiger partial charge in [0.15, 0.2) is 0 Å². The highest BCUT2D eigenvalue weighted by Crippen LogP contribution is 2.39. The Labute approximate surface area is 101 Å². The third kappa shape index (κ3) is 1.75.